The van der Waals surface area contributed by atoms with Gasteiger partial charge in [0, 0.05) is 17.7 Å². The predicted molar refractivity (Wildman–Crippen MR) is 116 cm³/mol. The summed E-state index contributed by atoms with van der Waals surface area (Å²) in [6, 6.07) is 7.64. The number of ether oxygens (including phenoxy) is 2. The van der Waals surface area contributed by atoms with E-state index in [0.29, 0.717) is 15.6 Å². The second kappa shape index (κ2) is 10.7. The number of nitrogens with zero attached hydrogens (tertiary/aromatic N) is 4. The van der Waals surface area contributed by atoms with Gasteiger partial charge in [0.25, 0.3) is 0 Å². The van der Waals surface area contributed by atoms with Gasteiger partial charge in [0.1, 0.15) is 11.6 Å². The normalized spacial score (nSPS) is 9.97. The topological polar surface area (TPSA) is 156 Å². The fourth-order valence-corrected chi connectivity index (χ4v) is 2.69. The number of anilines is 2. The highest BCUT2D eigenvalue weighted by Crippen LogP contribution is 2.32. The van der Waals surface area contributed by atoms with E-state index in [1.807, 2.05) is 0 Å². The number of nitrogens with two attached hydrogens (primary N) is 2. The van der Waals surface area contributed by atoms with Crippen molar-refractivity contribution >= 4 is 58.4 Å². The van der Waals surface area contributed by atoms with E-state index in [9.17, 15) is 9.59 Å². The van der Waals surface area contributed by atoms with Crippen LogP contribution in [0.4, 0.5) is 11.6 Å². The predicted octanol–water partition coefficient (Wildman–Crippen LogP) is 3.32. The number of nitrogen functional groups attached to an aromatic ring is 2. The van der Waals surface area contributed by atoms with E-state index in [1.165, 1.54) is 26.4 Å². The summed E-state index contributed by atoms with van der Waals surface area (Å²) in [4.78, 5) is 37.7. The smallest absolute Gasteiger partial charge is 0.356 e. The minimum Gasteiger partial charge on any atom is -0.464 e. The number of carbonyl (C=O) groups is 2. The zero-order valence-corrected chi connectivity index (χ0v) is 18.4. The van der Waals surface area contributed by atoms with Crippen molar-refractivity contribution in [3.8, 4) is 11.4 Å². The summed E-state index contributed by atoms with van der Waals surface area (Å²) < 4.78 is 9.00. The summed E-state index contributed by atoms with van der Waals surface area (Å²) in [5.74, 6) is -0.704. The molecule has 1 aromatic carbocycles. The fraction of sp³-hybridized carbons (Fsp3) is 0.111. The van der Waals surface area contributed by atoms with Gasteiger partial charge in [0.05, 0.1) is 24.3 Å². The molecule has 3 rings (SSSR count). The van der Waals surface area contributed by atoms with Crippen molar-refractivity contribution < 1.29 is 19.1 Å². The molecule has 10 nitrogen and oxygen atoms in total. The number of hydrogen-bond acceptors (Lipinski definition) is 10. The van der Waals surface area contributed by atoms with Crippen molar-refractivity contribution in [2.75, 3.05) is 25.7 Å². The van der Waals surface area contributed by atoms with Gasteiger partial charge in [-0.2, -0.15) is 0 Å². The highest BCUT2D eigenvalue weighted by atomic mass is 35.5. The second-order valence-electron chi connectivity index (χ2n) is 5.53. The zero-order chi connectivity index (χ0) is 23.1. The van der Waals surface area contributed by atoms with Crippen LogP contribution in [0.1, 0.15) is 21.0 Å². The SMILES string of the molecule is COC(=O)c1cc(N)nc(-c2cccc(Cl)c2Cl)n1.COC(=O)c1cc(N)nc(Cl)n1. The third-order valence-electron chi connectivity index (χ3n) is 3.45. The number of aromatic nitrogens is 4. The number of carbonyl (C=O) groups excluding carboxylic acids is 2. The molecule has 0 aliphatic carbocycles. The zero-order valence-electron chi connectivity index (χ0n) is 16.1. The molecule has 4 N–H and O–H groups in total. The number of benzene rings is 1. The van der Waals surface area contributed by atoms with Crippen LogP contribution in [0, 0.1) is 0 Å². The molecule has 162 valence electrons. The highest BCUT2D eigenvalue weighted by Gasteiger charge is 2.15. The first-order valence-electron chi connectivity index (χ1n) is 8.21. The standard InChI is InChI=1S/C12H9Cl2N3O2.C6H6ClN3O2/c1-19-12(18)8-5-9(15)17-11(16-8)6-3-2-4-7(13)10(6)14;1-12-5(11)3-2-4(8)10-6(7)9-3/h2-5H,1H3,(H2,15,16,17);2H,1H3,(H2,8,9,10). The van der Waals surface area contributed by atoms with Crippen LogP contribution in [-0.4, -0.2) is 46.1 Å². The van der Waals surface area contributed by atoms with E-state index in [4.69, 9.17) is 46.3 Å². The fourth-order valence-electron chi connectivity index (χ4n) is 2.12. The van der Waals surface area contributed by atoms with Gasteiger partial charge in [-0.05, 0) is 23.7 Å². The van der Waals surface area contributed by atoms with E-state index >= 15 is 0 Å². The molecule has 0 bridgehead atoms. The lowest BCUT2D eigenvalue weighted by atomic mass is 10.2. The van der Waals surface area contributed by atoms with Crippen LogP contribution in [0.15, 0.2) is 30.3 Å². The molecule has 0 aliphatic rings. The van der Waals surface area contributed by atoms with Gasteiger partial charge < -0.3 is 20.9 Å². The lowest BCUT2D eigenvalue weighted by Crippen LogP contribution is -2.08. The van der Waals surface area contributed by atoms with Crippen molar-refractivity contribution in [1.82, 2.24) is 19.9 Å². The van der Waals surface area contributed by atoms with Crippen LogP contribution in [-0.2, 0) is 9.47 Å². The quantitative estimate of drug-likeness (QED) is 0.416. The lowest BCUT2D eigenvalue weighted by molar-refractivity contribution is 0.0585. The molecule has 0 aliphatic heterocycles. The van der Waals surface area contributed by atoms with Crippen LogP contribution >= 0.6 is 34.8 Å². The van der Waals surface area contributed by atoms with Gasteiger partial charge in [0.2, 0.25) is 5.28 Å². The first kappa shape index (κ1) is 24.1. The Hall–Kier alpha value is -3.21. The number of methoxy groups -OCH3 is 2. The van der Waals surface area contributed by atoms with Gasteiger partial charge in [-0.15, -0.1) is 0 Å². The molecule has 31 heavy (non-hydrogen) atoms. The summed E-state index contributed by atoms with van der Waals surface area (Å²) in [6.07, 6.45) is 0. The minimum atomic E-state index is -0.603. The van der Waals surface area contributed by atoms with Crippen LogP contribution in [0.2, 0.25) is 15.3 Å². The molecule has 0 saturated carbocycles. The van der Waals surface area contributed by atoms with Crippen molar-refractivity contribution in [2.24, 2.45) is 0 Å². The number of halogens is 3. The first-order chi connectivity index (χ1) is 14.7. The van der Waals surface area contributed by atoms with E-state index in [2.05, 4.69) is 29.4 Å². The average molecular weight is 486 g/mol. The lowest BCUT2D eigenvalue weighted by Gasteiger charge is -2.07. The molecule has 0 spiro atoms. The molecule has 0 amide bonds. The van der Waals surface area contributed by atoms with E-state index in [-0.39, 0.29) is 34.1 Å². The molecule has 0 atom stereocenters. The Kier molecular flexibility index (Phi) is 8.31. The minimum absolute atomic E-state index is 0.0509. The summed E-state index contributed by atoms with van der Waals surface area (Å²) in [6.45, 7) is 0. The van der Waals surface area contributed by atoms with Crippen LogP contribution in [0.25, 0.3) is 11.4 Å². The molecule has 2 aromatic heterocycles. The third kappa shape index (κ3) is 6.38. The third-order valence-corrected chi connectivity index (χ3v) is 4.43. The molecule has 0 saturated heterocycles. The van der Waals surface area contributed by atoms with Crippen LogP contribution in [0.5, 0.6) is 0 Å². The number of rotatable bonds is 3. The summed E-state index contributed by atoms with van der Waals surface area (Å²) >= 11 is 17.4. The Morgan fingerprint density at radius 1 is 0.839 bits per heavy atom. The number of esters is 2. The van der Waals surface area contributed by atoms with Gasteiger partial charge in [-0.3, -0.25) is 0 Å². The van der Waals surface area contributed by atoms with Crippen molar-refractivity contribution in [1.29, 1.82) is 0 Å². The molecule has 2 heterocycles. The van der Waals surface area contributed by atoms with Gasteiger partial charge in [0.15, 0.2) is 17.2 Å². The van der Waals surface area contributed by atoms with Gasteiger partial charge in [-0.1, -0.05) is 29.3 Å². The van der Waals surface area contributed by atoms with Crippen molar-refractivity contribution in [2.45, 2.75) is 0 Å². The van der Waals surface area contributed by atoms with Crippen molar-refractivity contribution in [3.63, 3.8) is 0 Å². The van der Waals surface area contributed by atoms with E-state index in [1.54, 1.807) is 18.2 Å². The molecular weight excluding hydrogens is 471 g/mol. The molecular formula is C18H15Cl3N6O4. The van der Waals surface area contributed by atoms with E-state index in [0.717, 1.165) is 0 Å². The maximum Gasteiger partial charge on any atom is 0.356 e. The second-order valence-corrected chi connectivity index (χ2v) is 6.66. The molecule has 0 unspecified atom stereocenters. The van der Waals surface area contributed by atoms with Crippen molar-refractivity contribution in [3.05, 3.63) is 57.0 Å². The maximum absolute atomic E-state index is 11.5. The largest absolute Gasteiger partial charge is 0.464 e. The van der Waals surface area contributed by atoms with Crippen LogP contribution in [0.3, 0.4) is 0 Å². The maximum atomic E-state index is 11.5. The molecule has 0 radical (unpaired) electrons. The summed E-state index contributed by atoms with van der Waals surface area (Å²) in [5, 5.41) is 0.589. The summed E-state index contributed by atoms with van der Waals surface area (Å²) in [7, 11) is 2.50. The average Bonchev–Trinajstić information content (AvgIpc) is 2.73. The molecule has 3 aromatic rings. The Balaban J connectivity index is 0.000000245. The Morgan fingerprint density at radius 3 is 1.94 bits per heavy atom. The molecule has 0 fully saturated rings. The Bertz CT molecular complexity index is 1110. The summed E-state index contributed by atoms with van der Waals surface area (Å²) in [5.41, 5.74) is 11.6. The highest BCUT2D eigenvalue weighted by molar-refractivity contribution is 6.43. The Morgan fingerprint density at radius 2 is 1.39 bits per heavy atom. The number of hydrogen-bond donors (Lipinski definition) is 2. The van der Waals surface area contributed by atoms with E-state index < -0.39 is 11.9 Å². The first-order valence-corrected chi connectivity index (χ1v) is 9.35. The molecule has 13 heteroatoms. The monoisotopic (exact) mass is 484 g/mol. The van der Waals surface area contributed by atoms with Gasteiger partial charge in [-0.25, -0.2) is 29.5 Å². The Labute approximate surface area is 191 Å². The van der Waals surface area contributed by atoms with Gasteiger partial charge >= 0.3 is 11.9 Å². The van der Waals surface area contributed by atoms with Crippen LogP contribution < -0.4 is 11.5 Å².